The first-order valence-electron chi connectivity index (χ1n) is 8.77. The van der Waals surface area contributed by atoms with E-state index in [4.69, 9.17) is 16.3 Å². The van der Waals surface area contributed by atoms with E-state index in [0.717, 1.165) is 12.8 Å². The molecule has 0 radical (unpaired) electrons. The Morgan fingerprint density at radius 1 is 1.19 bits per heavy atom. The van der Waals surface area contributed by atoms with Crippen molar-refractivity contribution in [3.63, 3.8) is 0 Å². The molecular formula is C21H21ClN2O2. The van der Waals surface area contributed by atoms with E-state index in [1.54, 1.807) is 24.3 Å². The van der Waals surface area contributed by atoms with Crippen LogP contribution in [-0.4, -0.2) is 23.6 Å². The predicted molar refractivity (Wildman–Crippen MR) is 104 cm³/mol. The van der Waals surface area contributed by atoms with Gasteiger partial charge in [0.2, 0.25) is 0 Å². The fraction of sp³-hybridized carbons (Fsp3) is 0.286. The summed E-state index contributed by atoms with van der Waals surface area (Å²) in [6.45, 7) is 0.650. The van der Waals surface area contributed by atoms with Crippen molar-refractivity contribution in [1.82, 2.24) is 9.88 Å². The molecule has 134 valence electrons. The average molecular weight is 369 g/mol. The fourth-order valence-corrected chi connectivity index (χ4v) is 3.58. The summed E-state index contributed by atoms with van der Waals surface area (Å²) in [6.07, 6.45) is 4.40. The predicted octanol–water partition coefficient (Wildman–Crippen LogP) is 4.06. The Balaban J connectivity index is 1.39. The van der Waals surface area contributed by atoms with Crippen molar-refractivity contribution in [2.45, 2.75) is 18.3 Å². The van der Waals surface area contributed by atoms with Crippen molar-refractivity contribution in [3.05, 3.63) is 65.3 Å². The lowest BCUT2D eigenvalue weighted by Gasteiger charge is -2.16. The molecule has 1 aromatic heterocycles. The minimum atomic E-state index is -0.105. The van der Waals surface area contributed by atoms with E-state index in [1.165, 1.54) is 16.5 Å². The molecule has 1 N–H and O–H groups in total. The highest BCUT2D eigenvalue weighted by Crippen LogP contribution is 2.50. The molecule has 0 atom stereocenters. The molecular weight excluding hydrogens is 348 g/mol. The van der Waals surface area contributed by atoms with E-state index in [0.29, 0.717) is 17.3 Å². The van der Waals surface area contributed by atoms with Crippen molar-refractivity contribution in [2.24, 2.45) is 7.05 Å². The van der Waals surface area contributed by atoms with Gasteiger partial charge in [-0.05, 0) is 48.7 Å². The zero-order chi connectivity index (χ0) is 18.1. The van der Waals surface area contributed by atoms with E-state index in [2.05, 4.69) is 47.4 Å². The number of ether oxygens (including phenoxy) is 1. The lowest BCUT2D eigenvalue weighted by molar-refractivity contribution is -0.123. The summed E-state index contributed by atoms with van der Waals surface area (Å²) < 4.78 is 7.68. The smallest absolute Gasteiger partial charge is 0.257 e. The van der Waals surface area contributed by atoms with Crippen LogP contribution in [0.15, 0.2) is 54.7 Å². The van der Waals surface area contributed by atoms with Gasteiger partial charge < -0.3 is 14.6 Å². The van der Waals surface area contributed by atoms with Gasteiger partial charge in [-0.3, -0.25) is 4.79 Å². The van der Waals surface area contributed by atoms with E-state index >= 15 is 0 Å². The molecule has 1 amide bonds. The van der Waals surface area contributed by atoms with Gasteiger partial charge in [0.25, 0.3) is 5.91 Å². The first kappa shape index (κ1) is 17.0. The minimum Gasteiger partial charge on any atom is -0.484 e. The maximum Gasteiger partial charge on any atom is 0.257 e. The SMILES string of the molecule is Cn1cc(C2(CNC(=O)COc3ccc(Cl)cc3)CC2)c2ccccc21. The summed E-state index contributed by atoms with van der Waals surface area (Å²) in [5.74, 6) is 0.534. The van der Waals surface area contributed by atoms with Crippen LogP contribution >= 0.6 is 11.6 Å². The quantitative estimate of drug-likeness (QED) is 0.713. The van der Waals surface area contributed by atoms with Crippen LogP contribution in [0, 0.1) is 0 Å². The number of halogens is 1. The van der Waals surface area contributed by atoms with E-state index in [1.807, 2.05) is 0 Å². The van der Waals surface area contributed by atoms with Gasteiger partial charge in [-0.15, -0.1) is 0 Å². The number of benzene rings is 2. The molecule has 0 spiro atoms. The van der Waals surface area contributed by atoms with Crippen molar-refractivity contribution in [2.75, 3.05) is 13.2 Å². The maximum absolute atomic E-state index is 12.2. The molecule has 1 aliphatic rings. The third kappa shape index (κ3) is 3.29. The Hall–Kier alpha value is -2.46. The molecule has 2 aromatic carbocycles. The number of carbonyl (C=O) groups excluding carboxylic acids is 1. The van der Waals surface area contributed by atoms with Crippen LogP contribution < -0.4 is 10.1 Å². The number of hydrogen-bond donors (Lipinski definition) is 1. The number of para-hydroxylation sites is 1. The Morgan fingerprint density at radius 2 is 1.92 bits per heavy atom. The highest BCUT2D eigenvalue weighted by molar-refractivity contribution is 6.30. The summed E-state index contributed by atoms with van der Waals surface area (Å²) >= 11 is 5.85. The van der Waals surface area contributed by atoms with Crippen molar-refractivity contribution >= 4 is 28.4 Å². The molecule has 1 saturated carbocycles. The van der Waals surface area contributed by atoms with Crippen molar-refractivity contribution < 1.29 is 9.53 Å². The molecule has 4 rings (SSSR count). The first-order chi connectivity index (χ1) is 12.6. The Morgan fingerprint density at radius 3 is 2.65 bits per heavy atom. The fourth-order valence-electron chi connectivity index (χ4n) is 3.46. The monoisotopic (exact) mass is 368 g/mol. The number of fused-ring (bicyclic) bond motifs is 1. The summed E-state index contributed by atoms with van der Waals surface area (Å²) in [7, 11) is 2.07. The molecule has 3 aromatic rings. The van der Waals surface area contributed by atoms with Gasteiger partial charge in [0.1, 0.15) is 5.75 Å². The Kier molecular flexibility index (Phi) is 4.37. The van der Waals surface area contributed by atoms with Crippen molar-refractivity contribution in [3.8, 4) is 5.75 Å². The second-order valence-electron chi connectivity index (χ2n) is 6.97. The van der Waals surface area contributed by atoms with Crippen LogP contribution in [-0.2, 0) is 17.3 Å². The second-order valence-corrected chi connectivity index (χ2v) is 7.41. The molecule has 4 nitrogen and oxygen atoms in total. The standard InChI is InChI=1S/C21H21ClN2O2/c1-24-12-18(17-4-2-3-5-19(17)24)21(10-11-21)14-23-20(25)13-26-16-8-6-15(22)7-9-16/h2-9,12H,10-11,13-14H2,1H3,(H,23,25). The van der Waals surface area contributed by atoms with E-state index in [9.17, 15) is 4.79 Å². The first-order valence-corrected chi connectivity index (χ1v) is 9.15. The van der Waals surface area contributed by atoms with E-state index < -0.39 is 0 Å². The number of nitrogens with one attached hydrogen (secondary N) is 1. The maximum atomic E-state index is 12.2. The normalized spacial score (nSPS) is 15.0. The molecule has 1 fully saturated rings. The van der Waals surface area contributed by atoms with E-state index in [-0.39, 0.29) is 17.9 Å². The Bertz CT molecular complexity index is 942. The highest BCUT2D eigenvalue weighted by atomic mass is 35.5. The van der Waals surface area contributed by atoms with Crippen molar-refractivity contribution in [1.29, 1.82) is 0 Å². The summed E-state index contributed by atoms with van der Waals surface area (Å²) in [5.41, 5.74) is 2.61. The highest BCUT2D eigenvalue weighted by Gasteiger charge is 2.46. The number of aromatic nitrogens is 1. The van der Waals surface area contributed by atoms with Crippen LogP contribution in [0.25, 0.3) is 10.9 Å². The van der Waals surface area contributed by atoms with Gasteiger partial charge in [0.15, 0.2) is 6.61 Å². The molecule has 0 unspecified atom stereocenters. The van der Waals surface area contributed by atoms with Crippen LogP contribution in [0.4, 0.5) is 0 Å². The zero-order valence-electron chi connectivity index (χ0n) is 14.7. The van der Waals surface area contributed by atoms with Gasteiger partial charge in [0, 0.05) is 41.1 Å². The van der Waals surface area contributed by atoms with Crippen LogP contribution in [0.5, 0.6) is 5.75 Å². The number of rotatable bonds is 6. The van der Waals surface area contributed by atoms with Gasteiger partial charge in [0.05, 0.1) is 0 Å². The summed E-state index contributed by atoms with van der Waals surface area (Å²) in [4.78, 5) is 12.2. The largest absolute Gasteiger partial charge is 0.484 e. The summed E-state index contributed by atoms with van der Waals surface area (Å²) in [5, 5.41) is 4.96. The van der Waals surface area contributed by atoms with Crippen LogP contribution in [0.1, 0.15) is 18.4 Å². The summed E-state index contributed by atoms with van der Waals surface area (Å²) in [6, 6.07) is 15.4. The lowest BCUT2D eigenvalue weighted by atomic mass is 9.95. The third-order valence-corrected chi connectivity index (χ3v) is 5.38. The van der Waals surface area contributed by atoms with Gasteiger partial charge >= 0.3 is 0 Å². The molecule has 0 bridgehead atoms. The molecule has 1 heterocycles. The number of nitrogens with zero attached hydrogens (tertiary/aromatic N) is 1. The average Bonchev–Trinajstić information content (AvgIpc) is 3.37. The molecule has 26 heavy (non-hydrogen) atoms. The van der Waals surface area contributed by atoms with Gasteiger partial charge in [-0.1, -0.05) is 29.8 Å². The number of aryl methyl sites for hydroxylation is 1. The molecule has 0 saturated heterocycles. The molecule has 0 aliphatic heterocycles. The topological polar surface area (TPSA) is 43.3 Å². The number of carbonyl (C=O) groups is 1. The minimum absolute atomic E-state index is 0.00719. The van der Waals surface area contributed by atoms with Crippen LogP contribution in [0.3, 0.4) is 0 Å². The Labute approximate surface area is 157 Å². The zero-order valence-corrected chi connectivity index (χ0v) is 15.4. The third-order valence-electron chi connectivity index (χ3n) is 5.13. The lowest BCUT2D eigenvalue weighted by Crippen LogP contribution is -2.35. The molecule has 1 aliphatic carbocycles. The van der Waals surface area contributed by atoms with Gasteiger partial charge in [-0.25, -0.2) is 0 Å². The number of hydrogen-bond acceptors (Lipinski definition) is 2. The van der Waals surface area contributed by atoms with Gasteiger partial charge in [-0.2, -0.15) is 0 Å². The molecule has 5 heteroatoms. The number of amides is 1. The second kappa shape index (κ2) is 6.69. The van der Waals surface area contributed by atoms with Crippen LogP contribution in [0.2, 0.25) is 5.02 Å².